The smallest absolute Gasteiger partial charge is 0.220 e. The summed E-state index contributed by atoms with van der Waals surface area (Å²) >= 11 is 0. The molecule has 0 aromatic heterocycles. The van der Waals surface area contributed by atoms with Crippen molar-refractivity contribution >= 4 is 23.6 Å². The monoisotopic (exact) mass is 2020 g/mol. The molecule has 24 aliphatic rings. The van der Waals surface area contributed by atoms with Crippen molar-refractivity contribution in [1.82, 2.24) is 56.0 Å². The van der Waals surface area contributed by atoms with Gasteiger partial charge in [0, 0.05) is 138 Å². The van der Waals surface area contributed by atoms with Gasteiger partial charge in [-0.1, -0.05) is 91.9 Å². The number of rotatable bonds is 11. The second-order valence-electron chi connectivity index (χ2n) is 50.2. The first-order valence-corrected chi connectivity index (χ1v) is 56.7. The largest absolute Gasteiger partial charge is 0.487 e. The third kappa shape index (κ3) is 13.6. The molecule has 6 unspecified atom stereocenters. The van der Waals surface area contributed by atoms with Crippen LogP contribution in [0.1, 0.15) is 250 Å². The van der Waals surface area contributed by atoms with Gasteiger partial charge in [0.05, 0.1) is 63.9 Å². The van der Waals surface area contributed by atoms with E-state index in [1.54, 1.807) is 20.8 Å². The molecule has 12 fully saturated rings. The topological polar surface area (TPSA) is 310 Å². The van der Waals surface area contributed by atoms with Crippen LogP contribution >= 0.6 is 0 Å². The van der Waals surface area contributed by atoms with Crippen LogP contribution in [0, 0.1) is 59.3 Å². The van der Waals surface area contributed by atoms with Gasteiger partial charge in [-0.3, -0.25) is 34.3 Å². The highest BCUT2D eigenvalue weighted by molar-refractivity contribution is 5.77. The Morgan fingerprint density at radius 2 is 0.676 bits per heavy atom. The van der Waals surface area contributed by atoms with Crippen molar-refractivity contribution in [2.24, 2.45) is 23.5 Å². The van der Waals surface area contributed by atoms with Crippen LogP contribution in [-0.2, 0) is 90.2 Å². The number of nitrogens with one attached hydrogen (secondary N) is 5. The number of likely N-dealkylation sites (tertiary alicyclic amines) is 6. The minimum absolute atomic E-state index is 0.0158. The SMILES string of the molecule is C=CCN1CC[C@@]23c4c5ccc(C)c4O[C@@H]2C(NC(=O)CC)CC[C@]3(O)[C@@H]1C5.C=CCN1CC[C@@]23c4c5ccc(C)c4O[C@@H]2C(NC(C)=O)CC[C@@H]3[C@@H]1C5.CC(=O)NC1CC[C@@H]2[C@@H]3Cc4ccc(C)c5c4[C@]2(CCN3C)[C@@H]1O5.CC(=O)NC1CC[C@]2(O)[C@@H]3Cc4ccc(C)c5c4[C@]2(CCN3C)[C@@H]1O5.Cc1ccc2c3c1O[C@@H]1C(N)CC[C@]4(O)[C@H](C2)N(C)CC[C@@]314.Cc1ccc2c3c1O[C@@H]1C(NCO)CC[C@@H]4[C@H](C2)N(C)CC[C@@]314. The molecule has 30 atom stereocenters. The number of amides is 4. The molecule has 30 rings (SSSR count). The molecule has 148 heavy (non-hydrogen) atoms. The van der Waals surface area contributed by atoms with Crippen molar-refractivity contribution in [1.29, 1.82) is 0 Å². The summed E-state index contributed by atoms with van der Waals surface area (Å²) in [7, 11) is 8.85. The van der Waals surface area contributed by atoms with Crippen LogP contribution in [0.4, 0.5) is 0 Å². The molecule has 26 nitrogen and oxygen atoms in total. The van der Waals surface area contributed by atoms with Gasteiger partial charge in [0.15, 0.2) is 0 Å². The number of likely N-dealkylation sites (N-methyl/N-ethyl adjacent to an activating group) is 4. The van der Waals surface area contributed by atoms with Crippen LogP contribution in [0.25, 0.3) is 0 Å². The Labute approximate surface area is 874 Å². The lowest BCUT2D eigenvalue weighted by Crippen LogP contribution is -2.78. The Hall–Kier alpha value is -9.00. The van der Waals surface area contributed by atoms with E-state index in [0.717, 1.165) is 214 Å². The van der Waals surface area contributed by atoms with Crippen molar-refractivity contribution in [2.45, 2.75) is 388 Å². The maximum absolute atomic E-state index is 12.2. The minimum Gasteiger partial charge on any atom is -0.487 e. The summed E-state index contributed by atoms with van der Waals surface area (Å²) in [5.74, 6) is 8.44. The third-order valence-corrected chi connectivity index (χ3v) is 43.9. The summed E-state index contributed by atoms with van der Waals surface area (Å²) in [5.41, 5.74) is 27.2. The molecule has 26 heteroatoms. The maximum Gasteiger partial charge on any atom is 0.220 e. The number of ether oxygens (including phenoxy) is 6. The first kappa shape index (κ1) is 99.6. The number of aliphatic hydroxyl groups excluding tert-OH is 1. The highest BCUT2D eigenvalue weighted by Crippen LogP contribution is 2.72. The molecule has 12 aliphatic heterocycles. The van der Waals surface area contributed by atoms with Crippen LogP contribution in [0.2, 0.25) is 0 Å². The van der Waals surface area contributed by atoms with Gasteiger partial charge in [0.25, 0.3) is 0 Å². The highest BCUT2D eigenvalue weighted by Gasteiger charge is 2.78. The zero-order valence-electron chi connectivity index (χ0n) is 89.8. The van der Waals surface area contributed by atoms with Gasteiger partial charge in [-0.15, -0.1) is 13.2 Å². The lowest BCUT2D eigenvalue weighted by atomic mass is 9.48. The summed E-state index contributed by atoms with van der Waals surface area (Å²) in [6, 6.07) is 29.4. The zero-order chi connectivity index (χ0) is 103. The molecular formula is C122H160N12O14. The molecule has 11 N–H and O–H groups in total. The second-order valence-corrected chi connectivity index (χ2v) is 50.2. The Bertz CT molecular complexity index is 6430. The average molecular weight is 2020 g/mol. The fourth-order valence-corrected chi connectivity index (χ4v) is 38.0. The Morgan fingerprint density at radius 3 is 1.09 bits per heavy atom. The summed E-state index contributed by atoms with van der Waals surface area (Å²) in [6.45, 7) is 35.4. The number of nitrogens with two attached hydrogens (primary N) is 1. The fourth-order valence-electron chi connectivity index (χ4n) is 38.0. The molecule has 12 aliphatic carbocycles. The summed E-state index contributed by atoms with van der Waals surface area (Å²) in [5, 5.41) is 61.5. The van der Waals surface area contributed by atoms with E-state index in [1.165, 1.54) is 115 Å². The number of piperidine rings is 6. The molecule has 6 aromatic rings. The summed E-state index contributed by atoms with van der Waals surface area (Å²) < 4.78 is 39.5. The molecular weight excluding hydrogens is 1860 g/mol. The average Bonchev–Trinajstić information content (AvgIpc) is 1.47. The van der Waals surface area contributed by atoms with Gasteiger partial charge < -0.3 is 95.4 Å². The standard InChI is InChI=1S/C23H30N2O3.C22H28N2O2.C20H26N2O3.C20H26N2O2.C19H26N2O2.C18H24N2O2/c1-4-11-25-12-10-22-19-15-7-6-14(3)20(19)28-21(22)16(24-18(26)5-2)8-9-23(22,27)17(25)13-15;1-4-10-24-11-9-22-16-7-8-17(23-14(3)25)21(22)26-20-13(2)5-6-15(19(20)22)12-18(16)24;1-11-4-5-13-10-15-20(24)7-6-14(21-12(2)23)18-19(20,8-9-22(15)3)16(13)17(11)25-18;1-11-4-5-13-10-16-14-6-7-15(21-12(2)23)19-20(14,8-9-22(16)3)17(13)18(11)24-19;1-11-3-4-12-9-15-13-5-6-14(20-10-22)18-19(13,7-8-21(15)2)16(12)17(11)23-18;1-10-3-4-11-9-13-18(21)6-5-12(19)16-17(18,7-8-20(13)2)14(11)15(10)22-16/h4,6-7,16-17,21,27H,1,5,8-13H2,2-3H3,(H,24,26);4-6,16-18,21H,1,7-12H2,2-3H3,(H,23,25);4-5,14-15,18,24H,6-10H2,1-3H3,(H,21,23);4-5,14-16,19H,6-10H2,1-3H3,(H,21,23);3-4,13-15,18,20,22H,5-10H2,1-2H3;3-4,12-13,16,21H,5-9,19H2,1-2H3/t16?,17-,21+,22+,23-;16-,17?,18+,21-,22-;14?,15-,18+,19+,20-;14-,15?,16+,19-,20-;13-,14?,15+,18-,19-;12?,13-,16+,17+,18-/m010110/s1. The molecule has 12 bridgehead atoms. The number of hydrogen-bond donors (Lipinski definition) is 10. The number of benzene rings is 6. The normalized spacial score (nSPS) is 40.0. The first-order valence-electron chi connectivity index (χ1n) is 56.7. The van der Waals surface area contributed by atoms with E-state index < -0.39 is 27.6 Å². The van der Waals surface area contributed by atoms with Gasteiger partial charge >= 0.3 is 0 Å². The maximum atomic E-state index is 12.2. The highest BCUT2D eigenvalue weighted by atomic mass is 16.5. The molecule has 6 saturated heterocycles. The number of aryl methyl sites for hydroxylation is 6. The molecule has 0 radical (unpaired) electrons. The van der Waals surface area contributed by atoms with Crippen LogP contribution in [0.5, 0.6) is 34.5 Å². The Kier molecular flexibility index (Phi) is 24.1. The van der Waals surface area contributed by atoms with Gasteiger partial charge in [-0.2, -0.15) is 0 Å². The number of hydrogen-bond acceptors (Lipinski definition) is 22. The van der Waals surface area contributed by atoms with Gasteiger partial charge in [0.2, 0.25) is 23.6 Å². The predicted molar refractivity (Wildman–Crippen MR) is 568 cm³/mol. The van der Waals surface area contributed by atoms with Crippen LogP contribution < -0.4 is 60.7 Å². The van der Waals surface area contributed by atoms with E-state index >= 15 is 0 Å². The zero-order valence-corrected chi connectivity index (χ0v) is 89.8. The fraction of sp³-hybridized carbons (Fsp3) is 0.639. The second kappa shape index (κ2) is 35.8. The van der Waals surface area contributed by atoms with E-state index in [9.17, 15) is 39.6 Å². The molecule has 792 valence electrons. The molecule has 12 heterocycles. The number of aliphatic hydroxyl groups is 4. The summed E-state index contributed by atoms with van der Waals surface area (Å²) in [6.07, 6.45) is 27.8. The molecule has 6 saturated carbocycles. The Morgan fingerprint density at radius 1 is 0.365 bits per heavy atom. The Balaban J connectivity index is 0.0000000924. The van der Waals surface area contributed by atoms with E-state index in [4.69, 9.17) is 34.2 Å². The van der Waals surface area contributed by atoms with Gasteiger partial charge in [0.1, 0.15) is 71.1 Å². The summed E-state index contributed by atoms with van der Waals surface area (Å²) in [4.78, 5) is 62.4. The van der Waals surface area contributed by atoms with Crippen molar-refractivity contribution < 1.29 is 68.0 Å². The van der Waals surface area contributed by atoms with Crippen LogP contribution in [0.3, 0.4) is 0 Å². The van der Waals surface area contributed by atoms with Crippen LogP contribution in [-0.4, -0.2) is 287 Å². The lowest BCUT2D eigenvalue weighted by Gasteiger charge is -2.64. The van der Waals surface area contributed by atoms with Crippen molar-refractivity contribution in [3.63, 3.8) is 0 Å². The predicted octanol–water partition coefficient (Wildman–Crippen LogP) is 11.1. The minimum atomic E-state index is -0.835. The van der Waals surface area contributed by atoms with Crippen molar-refractivity contribution in [3.05, 3.63) is 198 Å². The lowest BCUT2D eigenvalue weighted by molar-refractivity contribution is -0.190. The van der Waals surface area contributed by atoms with E-state index in [0.29, 0.717) is 55.1 Å². The first-order chi connectivity index (χ1) is 71.1. The molecule has 6 aromatic carbocycles. The molecule has 6 spiro atoms. The van der Waals surface area contributed by atoms with E-state index in [2.05, 4.69) is 212 Å². The molecule has 4 amide bonds. The number of carbonyl (C=O) groups is 4. The quantitative estimate of drug-likeness (QED) is 0.0426. The van der Waals surface area contributed by atoms with Gasteiger partial charge in [-0.25, -0.2) is 0 Å². The third-order valence-electron chi connectivity index (χ3n) is 43.9. The van der Waals surface area contributed by atoms with E-state index in [-0.39, 0.29) is 143 Å². The number of nitrogens with zero attached hydrogens (tertiary/aromatic N) is 6. The van der Waals surface area contributed by atoms with E-state index in [1.807, 2.05) is 19.1 Å². The van der Waals surface area contributed by atoms with Gasteiger partial charge in [-0.05, 0) is 348 Å². The van der Waals surface area contributed by atoms with Crippen molar-refractivity contribution in [2.75, 3.05) is 87.3 Å². The number of carbonyl (C=O) groups excluding carboxylic acids is 4. The van der Waals surface area contributed by atoms with Crippen molar-refractivity contribution in [3.8, 4) is 34.5 Å². The van der Waals surface area contributed by atoms with Crippen LogP contribution in [0.15, 0.2) is 98.1 Å².